The Morgan fingerprint density at radius 1 is 1.14 bits per heavy atom. The molecule has 0 saturated carbocycles. The third-order valence-electron chi connectivity index (χ3n) is 6.45. The van der Waals surface area contributed by atoms with E-state index in [2.05, 4.69) is 46.4 Å². The van der Waals surface area contributed by atoms with Crippen molar-refractivity contribution >= 4 is 31.8 Å². The smallest absolute Gasteiger partial charge is 0.274 e. The number of carbonyl (C=O) groups excluding carboxylic acids is 1. The van der Waals surface area contributed by atoms with Gasteiger partial charge in [0.1, 0.15) is 35.7 Å². The van der Waals surface area contributed by atoms with Crippen LogP contribution in [0.3, 0.4) is 0 Å². The highest BCUT2D eigenvalue weighted by Crippen LogP contribution is 2.33. The van der Waals surface area contributed by atoms with Crippen LogP contribution in [-0.4, -0.2) is 49.8 Å². The van der Waals surface area contributed by atoms with E-state index in [0.29, 0.717) is 24.1 Å². The quantitative estimate of drug-likeness (QED) is 0.388. The van der Waals surface area contributed by atoms with Crippen LogP contribution in [0.2, 0.25) is 0 Å². The summed E-state index contributed by atoms with van der Waals surface area (Å²) < 4.78 is 30.9. The summed E-state index contributed by atoms with van der Waals surface area (Å²) in [6, 6.07) is 8.27. The summed E-state index contributed by atoms with van der Waals surface area (Å²) >= 11 is 0. The second kappa shape index (κ2) is 10.3. The van der Waals surface area contributed by atoms with Crippen molar-refractivity contribution in [3.63, 3.8) is 0 Å². The van der Waals surface area contributed by atoms with E-state index in [1.54, 1.807) is 29.3 Å². The van der Waals surface area contributed by atoms with E-state index >= 15 is 0 Å². The van der Waals surface area contributed by atoms with E-state index in [9.17, 15) is 13.6 Å². The Kier molecular flexibility index (Phi) is 6.90. The molecule has 5 rings (SSSR count). The molecule has 0 radical (unpaired) electrons. The van der Waals surface area contributed by atoms with Gasteiger partial charge in [-0.2, -0.15) is 5.10 Å². The number of piperidine rings is 1. The van der Waals surface area contributed by atoms with Crippen molar-refractivity contribution in [1.82, 2.24) is 24.7 Å². The number of nitrogens with zero attached hydrogens (tertiary/aromatic N) is 6. The van der Waals surface area contributed by atoms with Crippen molar-refractivity contribution in [1.29, 1.82) is 0 Å². The molecule has 1 fully saturated rings. The normalized spacial score (nSPS) is 19.6. The van der Waals surface area contributed by atoms with E-state index in [-0.39, 0.29) is 35.0 Å². The Bertz CT molecular complexity index is 1400. The lowest BCUT2D eigenvalue weighted by atomic mass is 9.90. The van der Waals surface area contributed by atoms with E-state index in [4.69, 9.17) is 5.73 Å². The van der Waals surface area contributed by atoms with Crippen molar-refractivity contribution in [3.05, 3.63) is 78.8 Å². The molecular weight excluding hydrogens is 497 g/mol. The molecule has 9 nitrogen and oxygen atoms in total. The Morgan fingerprint density at radius 3 is 2.70 bits per heavy atom. The van der Waals surface area contributed by atoms with Crippen molar-refractivity contribution in [3.8, 4) is 11.3 Å². The fourth-order valence-electron chi connectivity index (χ4n) is 4.82. The third-order valence-corrected chi connectivity index (χ3v) is 6.93. The number of nitrogens with two attached hydrogens (primary N) is 1. The summed E-state index contributed by atoms with van der Waals surface area (Å²) in [5.41, 5.74) is 7.41. The molecule has 4 atom stereocenters. The number of anilines is 2. The van der Waals surface area contributed by atoms with Crippen LogP contribution in [0.15, 0.2) is 61.4 Å². The fourth-order valence-corrected chi connectivity index (χ4v) is 5.21. The molecule has 0 bridgehead atoms. The van der Waals surface area contributed by atoms with Gasteiger partial charge in [0.25, 0.3) is 5.91 Å². The Balaban J connectivity index is 1.40. The molecule has 3 N–H and O–H groups in total. The second-order valence-corrected chi connectivity index (χ2v) is 9.61. The monoisotopic (exact) mass is 522 g/mol. The minimum Gasteiger partial charge on any atom is -0.368 e. The van der Waals surface area contributed by atoms with E-state index in [0.717, 1.165) is 11.8 Å². The molecule has 0 spiro atoms. The Labute approximate surface area is 214 Å². The van der Waals surface area contributed by atoms with Gasteiger partial charge in [-0.25, -0.2) is 23.4 Å². The first-order chi connectivity index (χ1) is 17.8. The van der Waals surface area contributed by atoms with Crippen LogP contribution in [0.25, 0.3) is 11.3 Å². The van der Waals surface area contributed by atoms with E-state index in [1.807, 2.05) is 0 Å². The summed E-state index contributed by atoms with van der Waals surface area (Å²) in [4.78, 5) is 27.6. The minimum absolute atomic E-state index is 0.0135. The number of nitrogens with one attached hydrogen (secondary N) is 1. The summed E-state index contributed by atoms with van der Waals surface area (Å²) in [5, 5.41) is 7.51. The molecule has 37 heavy (non-hydrogen) atoms. The van der Waals surface area contributed by atoms with Crippen LogP contribution in [-0.2, 0) is 0 Å². The highest BCUT2D eigenvalue weighted by atomic mass is 31.0. The van der Waals surface area contributed by atoms with Gasteiger partial charge in [-0.05, 0) is 35.5 Å². The average Bonchev–Trinajstić information content (AvgIpc) is 3.39. The molecule has 1 aliphatic rings. The van der Waals surface area contributed by atoms with Crippen molar-refractivity contribution in [2.75, 3.05) is 23.3 Å². The third kappa shape index (κ3) is 4.92. The minimum atomic E-state index is -0.731. The van der Waals surface area contributed by atoms with Crippen LogP contribution < -0.4 is 21.3 Å². The molecule has 1 aromatic carbocycles. The van der Waals surface area contributed by atoms with Gasteiger partial charge in [-0.3, -0.25) is 9.78 Å². The average molecular weight is 523 g/mol. The maximum atomic E-state index is 14.6. The van der Waals surface area contributed by atoms with Crippen molar-refractivity contribution in [2.45, 2.75) is 19.0 Å². The fraction of sp³-hybridized carbons (Fsp3) is 0.240. The maximum absolute atomic E-state index is 14.6. The SMILES string of the molecule is C[C@H]1CN(c2ccncc2NC(=O)c2ccc(F)c(-c3c(F)cccc3P)n2)C[C@@H](N)[C@H]1n1cncn1. The summed E-state index contributed by atoms with van der Waals surface area (Å²) in [6.45, 7) is 3.27. The first-order valence-electron chi connectivity index (χ1n) is 11.6. The van der Waals surface area contributed by atoms with Crippen molar-refractivity contribution in [2.24, 2.45) is 11.7 Å². The van der Waals surface area contributed by atoms with E-state index < -0.39 is 17.5 Å². The van der Waals surface area contributed by atoms with Crippen molar-refractivity contribution < 1.29 is 13.6 Å². The number of hydrogen-bond acceptors (Lipinski definition) is 7. The number of halogens is 2. The number of hydrogen-bond donors (Lipinski definition) is 2. The number of aromatic nitrogens is 5. The zero-order chi connectivity index (χ0) is 26.1. The molecule has 1 aliphatic heterocycles. The summed E-state index contributed by atoms with van der Waals surface area (Å²) in [7, 11) is 2.36. The number of rotatable bonds is 5. The molecule has 190 valence electrons. The standard InChI is InChI=1S/C25H25F2N8OP/c1-14-10-34(11-17(28)24(14)35-13-30-12-31-35)20-7-8-29-9-19(20)33-25(36)18-6-5-16(27)23(32-18)22-15(26)3-2-4-21(22)37/h2-9,12-14,17,24H,10-11,28,37H2,1H3,(H,33,36)/t14-,17+,24-/m0/s1. The lowest BCUT2D eigenvalue weighted by Crippen LogP contribution is -2.53. The van der Waals surface area contributed by atoms with Gasteiger partial charge in [0.15, 0.2) is 0 Å². The van der Waals surface area contributed by atoms with Crippen LogP contribution in [0.1, 0.15) is 23.5 Å². The maximum Gasteiger partial charge on any atom is 0.274 e. The van der Waals surface area contributed by atoms with Gasteiger partial charge < -0.3 is 16.0 Å². The molecule has 0 aliphatic carbocycles. The number of benzene rings is 1. The highest BCUT2D eigenvalue weighted by molar-refractivity contribution is 7.28. The van der Waals surface area contributed by atoms with Gasteiger partial charge in [0.05, 0.1) is 23.6 Å². The van der Waals surface area contributed by atoms with Crippen LogP contribution >= 0.6 is 9.24 Å². The first-order valence-corrected chi connectivity index (χ1v) is 12.2. The number of amides is 1. The molecular formula is C25H25F2N8OP. The van der Waals surface area contributed by atoms with Crippen LogP contribution in [0.4, 0.5) is 20.2 Å². The molecule has 12 heteroatoms. The second-order valence-electron chi connectivity index (χ2n) is 8.99. The Hall–Kier alpha value is -3.82. The molecule has 3 aromatic heterocycles. The topological polar surface area (TPSA) is 115 Å². The number of carbonyl (C=O) groups is 1. The zero-order valence-corrected chi connectivity index (χ0v) is 21.1. The molecule has 4 heterocycles. The zero-order valence-electron chi connectivity index (χ0n) is 19.9. The lowest BCUT2D eigenvalue weighted by molar-refractivity contribution is 0.102. The number of pyridine rings is 2. The van der Waals surface area contributed by atoms with Gasteiger partial charge in [-0.1, -0.05) is 19.1 Å². The van der Waals surface area contributed by atoms with E-state index in [1.165, 1.54) is 30.7 Å². The predicted molar refractivity (Wildman–Crippen MR) is 140 cm³/mol. The predicted octanol–water partition coefficient (Wildman–Crippen LogP) is 2.79. The molecule has 4 aromatic rings. The first kappa shape index (κ1) is 24.9. The van der Waals surface area contributed by atoms with Gasteiger partial charge in [0.2, 0.25) is 0 Å². The van der Waals surface area contributed by atoms with Gasteiger partial charge in [-0.15, -0.1) is 9.24 Å². The van der Waals surface area contributed by atoms with Crippen LogP contribution in [0, 0.1) is 17.6 Å². The molecule has 1 unspecified atom stereocenters. The van der Waals surface area contributed by atoms with Crippen LogP contribution in [0.5, 0.6) is 0 Å². The summed E-state index contributed by atoms with van der Waals surface area (Å²) in [5.74, 6) is -1.80. The molecule has 1 amide bonds. The van der Waals surface area contributed by atoms with Gasteiger partial charge >= 0.3 is 0 Å². The highest BCUT2D eigenvalue weighted by Gasteiger charge is 2.35. The van der Waals surface area contributed by atoms with Gasteiger partial charge in [0, 0.05) is 30.9 Å². The Morgan fingerprint density at radius 2 is 1.97 bits per heavy atom. The molecule has 1 saturated heterocycles. The summed E-state index contributed by atoms with van der Waals surface area (Å²) in [6.07, 6.45) is 6.33. The largest absolute Gasteiger partial charge is 0.368 e. The lowest BCUT2D eigenvalue weighted by Gasteiger charge is -2.42.